The van der Waals surface area contributed by atoms with Gasteiger partial charge in [0, 0.05) is 11.3 Å². The molecule has 0 aliphatic rings. The smallest absolute Gasteiger partial charge is 0.228 e. The zero-order chi connectivity index (χ0) is 15.1. The molecule has 0 aliphatic heterocycles. The number of benzene rings is 2. The van der Waals surface area contributed by atoms with E-state index in [0.717, 1.165) is 11.1 Å². The average Bonchev–Trinajstić information content (AvgIpc) is 2.49. The van der Waals surface area contributed by atoms with Crippen LogP contribution in [0.25, 0.3) is 0 Å². The lowest BCUT2D eigenvalue weighted by molar-refractivity contribution is -0.115. The highest BCUT2D eigenvalue weighted by molar-refractivity contribution is 5.92. The first-order valence-electron chi connectivity index (χ1n) is 6.50. The minimum atomic E-state index is -0.312. The van der Waals surface area contributed by atoms with Crippen molar-refractivity contribution in [1.29, 1.82) is 0 Å². The Hall–Kier alpha value is -2.64. The van der Waals surface area contributed by atoms with Crippen LogP contribution in [-0.4, -0.2) is 12.5 Å². The number of halogens is 1. The second-order valence-electron chi connectivity index (χ2n) is 4.43. The van der Waals surface area contributed by atoms with E-state index in [1.54, 1.807) is 24.3 Å². The van der Waals surface area contributed by atoms with Crippen molar-refractivity contribution in [3.8, 4) is 11.8 Å². The van der Waals surface area contributed by atoms with Crippen molar-refractivity contribution in [2.45, 2.75) is 6.42 Å². The van der Waals surface area contributed by atoms with Gasteiger partial charge in [-0.3, -0.25) is 4.79 Å². The lowest BCUT2D eigenvalue weighted by Crippen LogP contribution is -2.14. The predicted octanol–water partition coefficient (Wildman–Crippen LogP) is 2.32. The number of carbonyl (C=O) groups excluding carboxylic acids is 1. The van der Waals surface area contributed by atoms with Gasteiger partial charge in [0.05, 0.1) is 13.0 Å². The summed E-state index contributed by atoms with van der Waals surface area (Å²) >= 11 is 0. The SMILES string of the molecule is NCC#Cc1ccc(NC(=O)Cc2ccc(F)cc2)cc1. The number of rotatable bonds is 3. The second kappa shape index (κ2) is 7.22. The third-order valence-corrected chi connectivity index (χ3v) is 2.78. The Morgan fingerprint density at radius 3 is 2.38 bits per heavy atom. The van der Waals surface area contributed by atoms with Gasteiger partial charge in [-0.1, -0.05) is 24.0 Å². The summed E-state index contributed by atoms with van der Waals surface area (Å²) in [6.45, 7) is 0.316. The Balaban J connectivity index is 1.94. The summed E-state index contributed by atoms with van der Waals surface area (Å²) in [7, 11) is 0. The number of nitrogens with two attached hydrogens (primary N) is 1. The number of anilines is 1. The van der Waals surface area contributed by atoms with Gasteiger partial charge >= 0.3 is 0 Å². The molecule has 0 radical (unpaired) electrons. The van der Waals surface area contributed by atoms with Crippen LogP contribution in [0.2, 0.25) is 0 Å². The maximum absolute atomic E-state index is 12.8. The van der Waals surface area contributed by atoms with Crippen molar-refractivity contribution in [3.05, 3.63) is 65.5 Å². The fraction of sp³-hybridized carbons (Fsp3) is 0.118. The zero-order valence-electron chi connectivity index (χ0n) is 11.4. The number of amides is 1. The molecule has 0 fully saturated rings. The minimum absolute atomic E-state index is 0.151. The lowest BCUT2D eigenvalue weighted by Gasteiger charge is -2.05. The molecule has 0 aliphatic carbocycles. The summed E-state index contributed by atoms with van der Waals surface area (Å²) in [5, 5.41) is 2.78. The molecule has 0 heterocycles. The molecule has 0 saturated carbocycles. The van der Waals surface area contributed by atoms with E-state index in [1.165, 1.54) is 12.1 Å². The molecule has 0 aromatic heterocycles. The van der Waals surface area contributed by atoms with E-state index in [4.69, 9.17) is 5.73 Å². The van der Waals surface area contributed by atoms with Crippen LogP contribution in [0.1, 0.15) is 11.1 Å². The normalized spacial score (nSPS) is 9.62. The maximum atomic E-state index is 12.8. The van der Waals surface area contributed by atoms with Gasteiger partial charge in [0.25, 0.3) is 0 Å². The van der Waals surface area contributed by atoms with Crippen LogP contribution >= 0.6 is 0 Å². The molecule has 2 rings (SSSR count). The minimum Gasteiger partial charge on any atom is -0.326 e. The standard InChI is InChI=1S/C17H15FN2O/c18-15-7-3-14(4-8-15)12-17(21)20-16-9-5-13(6-10-16)2-1-11-19/h3-10H,11-12,19H2,(H,20,21). The number of nitrogens with one attached hydrogen (secondary N) is 1. The summed E-state index contributed by atoms with van der Waals surface area (Å²) in [6, 6.07) is 13.1. The summed E-state index contributed by atoms with van der Waals surface area (Å²) in [5.74, 6) is 5.21. The largest absolute Gasteiger partial charge is 0.326 e. The second-order valence-corrected chi connectivity index (χ2v) is 4.43. The summed E-state index contributed by atoms with van der Waals surface area (Å²) in [4.78, 5) is 11.9. The molecular weight excluding hydrogens is 267 g/mol. The van der Waals surface area contributed by atoms with Gasteiger partial charge in [-0.05, 0) is 42.0 Å². The van der Waals surface area contributed by atoms with E-state index in [0.29, 0.717) is 12.2 Å². The lowest BCUT2D eigenvalue weighted by atomic mass is 10.1. The molecule has 0 bridgehead atoms. The molecule has 0 spiro atoms. The van der Waals surface area contributed by atoms with E-state index in [2.05, 4.69) is 17.2 Å². The van der Waals surface area contributed by atoms with E-state index in [-0.39, 0.29) is 18.1 Å². The molecule has 0 unspecified atom stereocenters. The van der Waals surface area contributed by atoms with Gasteiger partial charge in [0.1, 0.15) is 5.82 Å². The molecule has 0 saturated heterocycles. The first-order chi connectivity index (χ1) is 10.2. The third kappa shape index (κ3) is 4.75. The summed E-state index contributed by atoms with van der Waals surface area (Å²) in [6.07, 6.45) is 0.203. The van der Waals surface area contributed by atoms with Crippen molar-refractivity contribution in [2.75, 3.05) is 11.9 Å². The molecule has 1 amide bonds. The van der Waals surface area contributed by atoms with Gasteiger partial charge in [-0.2, -0.15) is 0 Å². The van der Waals surface area contributed by atoms with Gasteiger partial charge < -0.3 is 11.1 Å². The first-order valence-corrected chi connectivity index (χ1v) is 6.50. The van der Waals surface area contributed by atoms with Crippen LogP contribution in [0, 0.1) is 17.7 Å². The third-order valence-electron chi connectivity index (χ3n) is 2.78. The fourth-order valence-corrected chi connectivity index (χ4v) is 1.78. The van der Waals surface area contributed by atoms with Crippen molar-refractivity contribution in [1.82, 2.24) is 0 Å². The van der Waals surface area contributed by atoms with Crippen molar-refractivity contribution in [3.63, 3.8) is 0 Å². The van der Waals surface area contributed by atoms with Crippen LogP contribution in [0.15, 0.2) is 48.5 Å². The summed E-state index contributed by atoms with van der Waals surface area (Å²) in [5.41, 5.74) is 7.60. The van der Waals surface area contributed by atoms with Gasteiger partial charge in [-0.15, -0.1) is 0 Å². The van der Waals surface area contributed by atoms with Gasteiger partial charge in [0.15, 0.2) is 0 Å². The van der Waals surface area contributed by atoms with Crippen LogP contribution in [-0.2, 0) is 11.2 Å². The fourth-order valence-electron chi connectivity index (χ4n) is 1.78. The van der Waals surface area contributed by atoms with E-state index in [1.807, 2.05) is 12.1 Å². The zero-order valence-corrected chi connectivity index (χ0v) is 11.4. The highest BCUT2D eigenvalue weighted by atomic mass is 19.1. The highest BCUT2D eigenvalue weighted by Crippen LogP contribution is 2.10. The van der Waals surface area contributed by atoms with Crippen LogP contribution in [0.3, 0.4) is 0 Å². The van der Waals surface area contributed by atoms with Gasteiger partial charge in [0.2, 0.25) is 5.91 Å². The van der Waals surface area contributed by atoms with Gasteiger partial charge in [-0.25, -0.2) is 4.39 Å². The molecule has 3 N–H and O–H groups in total. The maximum Gasteiger partial charge on any atom is 0.228 e. The number of carbonyl (C=O) groups is 1. The molecular formula is C17H15FN2O. The van der Waals surface area contributed by atoms with Crippen LogP contribution < -0.4 is 11.1 Å². The molecule has 3 nitrogen and oxygen atoms in total. The molecule has 0 atom stereocenters. The average molecular weight is 282 g/mol. The monoisotopic (exact) mass is 282 g/mol. The quantitative estimate of drug-likeness (QED) is 0.849. The molecule has 2 aromatic carbocycles. The first kappa shape index (κ1) is 14.8. The summed E-state index contributed by atoms with van der Waals surface area (Å²) < 4.78 is 12.8. The highest BCUT2D eigenvalue weighted by Gasteiger charge is 2.04. The topological polar surface area (TPSA) is 55.1 Å². The molecule has 2 aromatic rings. The molecule has 106 valence electrons. The van der Waals surface area contributed by atoms with E-state index < -0.39 is 0 Å². The number of hydrogen-bond donors (Lipinski definition) is 2. The molecule has 21 heavy (non-hydrogen) atoms. The van der Waals surface area contributed by atoms with E-state index >= 15 is 0 Å². The Morgan fingerprint density at radius 1 is 1.10 bits per heavy atom. The van der Waals surface area contributed by atoms with Crippen LogP contribution in [0.4, 0.5) is 10.1 Å². The Kier molecular flexibility index (Phi) is 5.08. The molecule has 4 heteroatoms. The Morgan fingerprint density at radius 2 is 1.76 bits per heavy atom. The van der Waals surface area contributed by atoms with Crippen LogP contribution in [0.5, 0.6) is 0 Å². The van der Waals surface area contributed by atoms with Crippen molar-refractivity contribution < 1.29 is 9.18 Å². The Bertz CT molecular complexity index is 667. The number of hydrogen-bond acceptors (Lipinski definition) is 2. The predicted molar refractivity (Wildman–Crippen MR) is 81.1 cm³/mol. The van der Waals surface area contributed by atoms with E-state index in [9.17, 15) is 9.18 Å². The van der Waals surface area contributed by atoms with Crippen molar-refractivity contribution >= 4 is 11.6 Å². The Labute approximate surface area is 123 Å². The van der Waals surface area contributed by atoms with Crippen molar-refractivity contribution in [2.24, 2.45) is 5.73 Å².